The van der Waals surface area contributed by atoms with E-state index in [9.17, 15) is 4.79 Å². The summed E-state index contributed by atoms with van der Waals surface area (Å²) in [6.07, 6.45) is 1.04. The molecule has 6 nitrogen and oxygen atoms in total. The lowest BCUT2D eigenvalue weighted by Crippen LogP contribution is -2.23. The van der Waals surface area contributed by atoms with Crippen LogP contribution in [0.3, 0.4) is 0 Å². The van der Waals surface area contributed by atoms with Crippen LogP contribution in [0.2, 0.25) is 0 Å². The molecule has 1 aliphatic heterocycles. The lowest BCUT2D eigenvalue weighted by molar-refractivity contribution is 0.0949. The Morgan fingerprint density at radius 3 is 3.10 bits per heavy atom. The van der Waals surface area contributed by atoms with E-state index in [1.807, 2.05) is 25.2 Å². The zero-order valence-electron chi connectivity index (χ0n) is 11.5. The molecule has 104 valence electrons. The molecule has 0 aliphatic carbocycles. The summed E-state index contributed by atoms with van der Waals surface area (Å²) in [6, 6.07) is 5.81. The SMILES string of the molecule is Cc1nc(CNC(=O)c2ccc3c(c2)N(C)CC3)no1. The Labute approximate surface area is 116 Å². The van der Waals surface area contributed by atoms with Gasteiger partial charge in [0.2, 0.25) is 5.89 Å². The highest BCUT2D eigenvalue weighted by molar-refractivity contribution is 5.95. The van der Waals surface area contributed by atoms with Crippen LogP contribution in [-0.2, 0) is 13.0 Å². The van der Waals surface area contributed by atoms with Crippen molar-refractivity contribution in [3.8, 4) is 0 Å². The predicted molar refractivity (Wildman–Crippen MR) is 73.6 cm³/mol. The van der Waals surface area contributed by atoms with Crippen LogP contribution in [0, 0.1) is 6.92 Å². The van der Waals surface area contributed by atoms with Crippen LogP contribution in [0.15, 0.2) is 22.7 Å². The molecule has 2 aromatic rings. The number of rotatable bonds is 3. The van der Waals surface area contributed by atoms with Crippen molar-refractivity contribution in [1.82, 2.24) is 15.5 Å². The largest absolute Gasteiger partial charge is 0.374 e. The summed E-state index contributed by atoms with van der Waals surface area (Å²) in [7, 11) is 2.04. The van der Waals surface area contributed by atoms with Gasteiger partial charge in [-0.25, -0.2) is 0 Å². The highest BCUT2D eigenvalue weighted by Crippen LogP contribution is 2.27. The van der Waals surface area contributed by atoms with Crippen LogP contribution in [0.4, 0.5) is 5.69 Å². The number of hydrogen-bond acceptors (Lipinski definition) is 5. The third-order valence-corrected chi connectivity index (χ3v) is 3.45. The van der Waals surface area contributed by atoms with E-state index in [-0.39, 0.29) is 12.5 Å². The Morgan fingerprint density at radius 2 is 2.35 bits per heavy atom. The normalized spacial score (nSPS) is 13.4. The highest BCUT2D eigenvalue weighted by Gasteiger charge is 2.17. The van der Waals surface area contributed by atoms with Gasteiger partial charge in [-0.3, -0.25) is 4.79 Å². The second kappa shape index (κ2) is 4.96. The molecular weight excluding hydrogens is 256 g/mol. The number of fused-ring (bicyclic) bond motifs is 1. The average Bonchev–Trinajstić information content (AvgIpc) is 3.03. The third-order valence-electron chi connectivity index (χ3n) is 3.45. The average molecular weight is 272 g/mol. The standard InChI is InChI=1S/C14H16N4O2/c1-9-16-13(17-20-9)8-15-14(19)11-4-3-10-5-6-18(2)12(10)7-11/h3-4,7H,5-6,8H2,1-2H3,(H,15,19). The fourth-order valence-corrected chi connectivity index (χ4v) is 2.35. The van der Waals surface area contributed by atoms with E-state index in [2.05, 4.69) is 20.4 Å². The minimum atomic E-state index is -0.129. The lowest BCUT2D eigenvalue weighted by atomic mass is 10.1. The quantitative estimate of drug-likeness (QED) is 0.912. The zero-order valence-corrected chi connectivity index (χ0v) is 11.5. The topological polar surface area (TPSA) is 71.3 Å². The van der Waals surface area contributed by atoms with Crippen LogP contribution in [0.5, 0.6) is 0 Å². The predicted octanol–water partition coefficient (Wildman–Crippen LogP) is 1.30. The van der Waals surface area contributed by atoms with Gasteiger partial charge >= 0.3 is 0 Å². The molecule has 0 radical (unpaired) electrons. The number of nitrogens with one attached hydrogen (secondary N) is 1. The molecule has 1 aliphatic rings. The second-order valence-corrected chi connectivity index (χ2v) is 4.93. The molecule has 1 amide bonds. The molecule has 3 rings (SSSR count). The van der Waals surface area contributed by atoms with Crippen molar-refractivity contribution in [3.05, 3.63) is 41.0 Å². The van der Waals surface area contributed by atoms with Gasteiger partial charge in [-0.15, -0.1) is 0 Å². The van der Waals surface area contributed by atoms with Gasteiger partial charge < -0.3 is 14.7 Å². The molecule has 20 heavy (non-hydrogen) atoms. The smallest absolute Gasteiger partial charge is 0.251 e. The molecule has 0 atom stereocenters. The fraction of sp³-hybridized carbons (Fsp3) is 0.357. The molecule has 1 N–H and O–H groups in total. The van der Waals surface area contributed by atoms with Gasteiger partial charge in [0, 0.05) is 31.8 Å². The Morgan fingerprint density at radius 1 is 1.50 bits per heavy atom. The van der Waals surface area contributed by atoms with Gasteiger partial charge in [0.1, 0.15) is 0 Å². The second-order valence-electron chi connectivity index (χ2n) is 4.93. The van der Waals surface area contributed by atoms with E-state index in [4.69, 9.17) is 4.52 Å². The summed E-state index contributed by atoms with van der Waals surface area (Å²) in [6.45, 7) is 2.99. The van der Waals surface area contributed by atoms with Gasteiger partial charge in [0.25, 0.3) is 5.91 Å². The molecule has 0 spiro atoms. The van der Waals surface area contributed by atoms with E-state index < -0.39 is 0 Å². The molecular formula is C14H16N4O2. The molecule has 1 aromatic heterocycles. The molecule has 0 fully saturated rings. The van der Waals surface area contributed by atoms with Crippen LogP contribution >= 0.6 is 0 Å². The number of hydrogen-bond donors (Lipinski definition) is 1. The fourth-order valence-electron chi connectivity index (χ4n) is 2.35. The summed E-state index contributed by atoms with van der Waals surface area (Å²) in [5.41, 5.74) is 3.07. The first-order valence-corrected chi connectivity index (χ1v) is 6.55. The first kappa shape index (κ1) is 12.7. The van der Waals surface area contributed by atoms with Crippen molar-refractivity contribution in [1.29, 1.82) is 0 Å². The maximum Gasteiger partial charge on any atom is 0.251 e. The van der Waals surface area contributed by atoms with Gasteiger partial charge in [0.15, 0.2) is 5.82 Å². The van der Waals surface area contributed by atoms with Gasteiger partial charge in [-0.2, -0.15) is 4.98 Å². The third kappa shape index (κ3) is 2.36. The zero-order chi connectivity index (χ0) is 14.1. The maximum atomic E-state index is 12.1. The summed E-state index contributed by atoms with van der Waals surface area (Å²) >= 11 is 0. The summed E-state index contributed by atoms with van der Waals surface area (Å²) < 4.78 is 4.86. The van der Waals surface area contributed by atoms with Gasteiger partial charge in [-0.1, -0.05) is 11.2 Å². The number of aromatic nitrogens is 2. The first-order chi connectivity index (χ1) is 9.63. The van der Waals surface area contributed by atoms with Gasteiger partial charge in [0.05, 0.1) is 6.54 Å². The van der Waals surface area contributed by atoms with Gasteiger partial charge in [-0.05, 0) is 24.1 Å². The first-order valence-electron chi connectivity index (χ1n) is 6.55. The monoisotopic (exact) mass is 272 g/mol. The Hall–Kier alpha value is -2.37. The minimum Gasteiger partial charge on any atom is -0.374 e. The van der Waals surface area contributed by atoms with Crippen molar-refractivity contribution < 1.29 is 9.32 Å². The van der Waals surface area contributed by atoms with E-state index >= 15 is 0 Å². The molecule has 0 bridgehead atoms. The van der Waals surface area contributed by atoms with Crippen LogP contribution < -0.4 is 10.2 Å². The van der Waals surface area contributed by atoms with E-state index in [0.717, 1.165) is 18.7 Å². The molecule has 0 saturated carbocycles. The maximum absolute atomic E-state index is 12.1. The summed E-state index contributed by atoms with van der Waals surface area (Å²) in [4.78, 5) is 18.3. The number of amides is 1. The minimum absolute atomic E-state index is 0.129. The number of carbonyl (C=O) groups excluding carboxylic acids is 1. The number of carbonyl (C=O) groups is 1. The van der Waals surface area contributed by atoms with Crippen LogP contribution in [0.25, 0.3) is 0 Å². The van der Waals surface area contributed by atoms with E-state index in [1.165, 1.54) is 5.56 Å². The van der Waals surface area contributed by atoms with Crippen molar-refractivity contribution >= 4 is 11.6 Å². The summed E-state index contributed by atoms with van der Waals surface area (Å²) in [5.74, 6) is 0.845. The van der Waals surface area contributed by atoms with Crippen LogP contribution in [-0.4, -0.2) is 29.6 Å². The number of benzene rings is 1. The molecule has 1 aromatic carbocycles. The Balaban J connectivity index is 1.70. The number of likely N-dealkylation sites (N-methyl/N-ethyl adjacent to an activating group) is 1. The molecule has 0 saturated heterocycles. The van der Waals surface area contributed by atoms with Crippen molar-refractivity contribution in [2.45, 2.75) is 19.9 Å². The number of anilines is 1. The van der Waals surface area contributed by atoms with Crippen molar-refractivity contribution in [2.75, 3.05) is 18.5 Å². The van der Waals surface area contributed by atoms with Crippen molar-refractivity contribution in [3.63, 3.8) is 0 Å². The summed E-state index contributed by atoms with van der Waals surface area (Å²) in [5, 5.41) is 6.53. The van der Waals surface area contributed by atoms with E-state index in [1.54, 1.807) is 6.92 Å². The number of aryl methyl sites for hydroxylation is 1. The highest BCUT2D eigenvalue weighted by atomic mass is 16.5. The number of nitrogens with zero attached hydrogens (tertiary/aromatic N) is 3. The lowest BCUT2D eigenvalue weighted by Gasteiger charge is -2.12. The molecule has 2 heterocycles. The molecule has 0 unspecified atom stereocenters. The molecule has 6 heteroatoms. The van der Waals surface area contributed by atoms with Crippen LogP contribution in [0.1, 0.15) is 27.6 Å². The Kier molecular flexibility index (Phi) is 3.14. The van der Waals surface area contributed by atoms with E-state index in [0.29, 0.717) is 17.3 Å². The van der Waals surface area contributed by atoms with Crippen molar-refractivity contribution in [2.24, 2.45) is 0 Å². The Bertz CT molecular complexity index is 650.